The largest absolute Gasteiger partial charge is 0.235 e. The Balaban J connectivity index is 2.26. The fourth-order valence-corrected chi connectivity index (χ4v) is 3.66. The molecule has 3 aromatic rings. The third-order valence-corrected chi connectivity index (χ3v) is 4.91. The Bertz CT molecular complexity index is 739. The summed E-state index contributed by atoms with van der Waals surface area (Å²) >= 11 is 11.3. The molecule has 0 amide bonds. The highest BCUT2D eigenvalue weighted by atomic mass is 79.9. The maximum Gasteiger partial charge on any atom is 0.150 e. The predicted octanol–water partition coefficient (Wildman–Crippen LogP) is 5.08. The number of hydrogen-bond acceptors (Lipinski definition) is 3. The monoisotopic (exact) mass is 338 g/mol. The number of rotatable bonds is 1. The topological polar surface area (TPSA) is 25.8 Å². The van der Waals surface area contributed by atoms with Crippen molar-refractivity contribution < 1.29 is 0 Å². The molecule has 0 saturated carbocycles. The SMILES string of the molecule is Cc1ccc(Br)c(-c2cc3ncnc(Cl)c3s2)c1. The summed E-state index contributed by atoms with van der Waals surface area (Å²) in [5, 5.41) is 0.514. The molecule has 0 N–H and O–H groups in total. The van der Waals surface area contributed by atoms with Crippen LogP contribution in [0.4, 0.5) is 0 Å². The Morgan fingerprint density at radius 2 is 2.06 bits per heavy atom. The van der Waals surface area contributed by atoms with Crippen molar-refractivity contribution in [3.05, 3.63) is 45.8 Å². The van der Waals surface area contributed by atoms with E-state index < -0.39 is 0 Å². The number of aryl methyl sites for hydroxylation is 1. The van der Waals surface area contributed by atoms with Gasteiger partial charge in [0.2, 0.25) is 0 Å². The Morgan fingerprint density at radius 1 is 1.22 bits per heavy atom. The van der Waals surface area contributed by atoms with E-state index in [9.17, 15) is 0 Å². The van der Waals surface area contributed by atoms with Gasteiger partial charge in [-0.1, -0.05) is 39.2 Å². The van der Waals surface area contributed by atoms with E-state index in [2.05, 4.69) is 51.0 Å². The second-order valence-corrected chi connectivity index (χ2v) is 6.24. The van der Waals surface area contributed by atoms with E-state index >= 15 is 0 Å². The van der Waals surface area contributed by atoms with E-state index in [0.717, 1.165) is 25.1 Å². The summed E-state index contributed by atoms with van der Waals surface area (Å²) in [5.74, 6) is 0. The number of halogens is 2. The minimum Gasteiger partial charge on any atom is -0.235 e. The van der Waals surface area contributed by atoms with Crippen LogP contribution < -0.4 is 0 Å². The van der Waals surface area contributed by atoms with Gasteiger partial charge in [-0.25, -0.2) is 9.97 Å². The van der Waals surface area contributed by atoms with E-state index in [4.69, 9.17) is 11.6 Å². The summed E-state index contributed by atoms with van der Waals surface area (Å²) in [6, 6.07) is 8.33. The average molecular weight is 340 g/mol. The van der Waals surface area contributed by atoms with Crippen molar-refractivity contribution in [2.24, 2.45) is 0 Å². The number of thiophene rings is 1. The second kappa shape index (κ2) is 4.61. The van der Waals surface area contributed by atoms with Gasteiger partial charge in [0.05, 0.1) is 10.2 Å². The number of benzene rings is 1. The Hall–Kier alpha value is -0.970. The van der Waals surface area contributed by atoms with Crippen molar-refractivity contribution in [1.29, 1.82) is 0 Å². The Kier molecular flexibility index (Phi) is 3.09. The molecule has 0 aliphatic heterocycles. The molecule has 0 spiro atoms. The van der Waals surface area contributed by atoms with E-state index in [1.807, 2.05) is 6.07 Å². The van der Waals surface area contributed by atoms with Crippen molar-refractivity contribution in [3.63, 3.8) is 0 Å². The zero-order valence-electron chi connectivity index (χ0n) is 9.45. The fraction of sp³-hybridized carbons (Fsp3) is 0.0769. The lowest BCUT2D eigenvalue weighted by Crippen LogP contribution is -1.78. The van der Waals surface area contributed by atoms with Crippen molar-refractivity contribution in [2.75, 3.05) is 0 Å². The third kappa shape index (κ3) is 2.05. The van der Waals surface area contributed by atoms with E-state index in [1.54, 1.807) is 11.3 Å². The van der Waals surface area contributed by atoms with Crippen molar-refractivity contribution in [3.8, 4) is 10.4 Å². The number of aromatic nitrogens is 2. The van der Waals surface area contributed by atoms with Crippen LogP contribution in [0.25, 0.3) is 20.7 Å². The maximum absolute atomic E-state index is 6.08. The number of fused-ring (bicyclic) bond motifs is 1. The highest BCUT2D eigenvalue weighted by molar-refractivity contribution is 9.10. The van der Waals surface area contributed by atoms with Crippen LogP contribution in [0.1, 0.15) is 5.56 Å². The van der Waals surface area contributed by atoms with Gasteiger partial charge in [0, 0.05) is 14.9 Å². The van der Waals surface area contributed by atoms with Crippen LogP contribution in [-0.2, 0) is 0 Å². The van der Waals surface area contributed by atoms with Crippen LogP contribution in [0.15, 0.2) is 35.1 Å². The molecule has 0 aliphatic rings. The van der Waals surface area contributed by atoms with Gasteiger partial charge >= 0.3 is 0 Å². The Morgan fingerprint density at radius 3 is 2.83 bits per heavy atom. The smallest absolute Gasteiger partial charge is 0.150 e. The minimum absolute atomic E-state index is 0.514. The molecule has 0 atom stereocenters. The standard InChI is InChI=1S/C13H8BrClN2S/c1-7-2-3-9(14)8(4-7)11-5-10-12(18-11)13(15)17-6-16-10/h2-6H,1H3. The zero-order valence-corrected chi connectivity index (χ0v) is 12.6. The van der Waals surface area contributed by atoms with E-state index in [1.165, 1.54) is 11.9 Å². The van der Waals surface area contributed by atoms with Gasteiger partial charge < -0.3 is 0 Å². The molecule has 0 aliphatic carbocycles. The average Bonchev–Trinajstić information content (AvgIpc) is 2.77. The van der Waals surface area contributed by atoms with Crippen molar-refractivity contribution in [2.45, 2.75) is 6.92 Å². The first-order chi connectivity index (χ1) is 8.65. The summed E-state index contributed by atoms with van der Waals surface area (Å²) in [6.07, 6.45) is 1.49. The highest BCUT2D eigenvalue weighted by Gasteiger charge is 2.11. The van der Waals surface area contributed by atoms with Gasteiger partial charge in [-0.15, -0.1) is 11.3 Å². The third-order valence-electron chi connectivity index (χ3n) is 2.66. The normalized spacial score (nSPS) is 11.1. The van der Waals surface area contributed by atoms with Crippen LogP contribution in [0, 0.1) is 6.92 Å². The molecule has 0 unspecified atom stereocenters. The fourth-order valence-electron chi connectivity index (χ4n) is 1.79. The first-order valence-corrected chi connectivity index (χ1v) is 7.30. The van der Waals surface area contributed by atoms with E-state index in [0.29, 0.717) is 5.15 Å². The van der Waals surface area contributed by atoms with Gasteiger partial charge in [0.15, 0.2) is 0 Å². The van der Waals surface area contributed by atoms with E-state index in [-0.39, 0.29) is 0 Å². The number of hydrogen-bond donors (Lipinski definition) is 0. The molecular weight excluding hydrogens is 332 g/mol. The summed E-state index contributed by atoms with van der Waals surface area (Å²) < 4.78 is 2.01. The highest BCUT2D eigenvalue weighted by Crippen LogP contribution is 2.38. The quantitative estimate of drug-likeness (QED) is 0.578. The van der Waals surface area contributed by atoms with Gasteiger partial charge in [0.1, 0.15) is 11.5 Å². The van der Waals surface area contributed by atoms with Crippen LogP contribution in [-0.4, -0.2) is 9.97 Å². The molecule has 2 aromatic heterocycles. The van der Waals surface area contributed by atoms with Crippen LogP contribution in [0.5, 0.6) is 0 Å². The molecule has 5 heteroatoms. The van der Waals surface area contributed by atoms with Gasteiger partial charge in [-0.2, -0.15) is 0 Å². The molecule has 18 heavy (non-hydrogen) atoms. The predicted molar refractivity (Wildman–Crippen MR) is 80.3 cm³/mol. The van der Waals surface area contributed by atoms with Crippen molar-refractivity contribution >= 4 is 49.1 Å². The summed E-state index contributed by atoms with van der Waals surface area (Å²) in [5.41, 5.74) is 3.28. The molecule has 0 fully saturated rings. The van der Waals surface area contributed by atoms with Crippen LogP contribution >= 0.6 is 38.9 Å². The number of nitrogens with zero attached hydrogens (tertiary/aromatic N) is 2. The van der Waals surface area contributed by atoms with Gasteiger partial charge in [-0.05, 0) is 25.1 Å². The summed E-state index contributed by atoms with van der Waals surface area (Å²) in [6.45, 7) is 2.08. The lowest BCUT2D eigenvalue weighted by Gasteiger charge is -2.02. The summed E-state index contributed by atoms with van der Waals surface area (Å²) in [7, 11) is 0. The maximum atomic E-state index is 6.08. The molecule has 3 rings (SSSR count). The lowest BCUT2D eigenvalue weighted by atomic mass is 10.1. The minimum atomic E-state index is 0.514. The van der Waals surface area contributed by atoms with Crippen LogP contribution in [0.3, 0.4) is 0 Å². The molecule has 2 heterocycles. The van der Waals surface area contributed by atoms with Crippen LogP contribution in [0.2, 0.25) is 5.15 Å². The molecule has 0 bridgehead atoms. The lowest BCUT2D eigenvalue weighted by molar-refractivity contribution is 1.23. The molecule has 0 saturated heterocycles. The molecule has 1 aromatic carbocycles. The van der Waals surface area contributed by atoms with Gasteiger partial charge in [0.25, 0.3) is 0 Å². The Labute approximate surface area is 122 Å². The molecule has 2 nitrogen and oxygen atoms in total. The van der Waals surface area contributed by atoms with Crippen molar-refractivity contribution in [1.82, 2.24) is 9.97 Å². The molecule has 0 radical (unpaired) electrons. The second-order valence-electron chi connectivity index (χ2n) is 3.97. The molecular formula is C13H8BrClN2S. The summed E-state index contributed by atoms with van der Waals surface area (Å²) in [4.78, 5) is 9.39. The first kappa shape index (κ1) is 12.1. The molecule has 90 valence electrons. The zero-order chi connectivity index (χ0) is 12.7. The van der Waals surface area contributed by atoms with Gasteiger partial charge in [-0.3, -0.25) is 0 Å². The first-order valence-electron chi connectivity index (χ1n) is 5.32.